The number of nitrogens with zero attached hydrogens (tertiary/aromatic N) is 3. The van der Waals surface area contributed by atoms with Crippen LogP contribution in [0.5, 0.6) is 0 Å². The highest BCUT2D eigenvalue weighted by Crippen LogP contribution is 2.29. The first-order valence-electron chi connectivity index (χ1n) is 6.23. The van der Waals surface area contributed by atoms with Crippen LogP contribution < -0.4 is 10.2 Å². The third-order valence-electron chi connectivity index (χ3n) is 3.76. The molecule has 1 N–H and O–H groups in total. The van der Waals surface area contributed by atoms with Gasteiger partial charge in [0.2, 0.25) is 5.95 Å². The second-order valence-corrected chi connectivity index (χ2v) is 5.12. The lowest BCUT2D eigenvalue weighted by Crippen LogP contribution is -2.27. The molecular weight excluding hydrogens is 238 g/mol. The largest absolute Gasteiger partial charge is 0.340 e. The molecule has 2 aliphatic rings. The second-order valence-electron chi connectivity index (χ2n) is 5.12. The number of nitrogens with one attached hydrogen (secondary N) is 1. The number of halogens is 2. The van der Waals surface area contributed by atoms with Gasteiger partial charge in [-0.3, -0.25) is 0 Å². The fraction of sp³-hybridized carbons (Fsp3) is 0.667. The standard InChI is InChI=1S/C12H16F2N4/c1-7-2-10(11(13)14)17-12(16-7)18-5-8-3-15-4-9(8)6-18/h2,8-9,11,15H,3-6H2,1H3/t8-,9+. The summed E-state index contributed by atoms with van der Waals surface area (Å²) in [5.74, 6) is 1.66. The number of aryl methyl sites for hydroxylation is 1. The zero-order valence-corrected chi connectivity index (χ0v) is 10.2. The zero-order chi connectivity index (χ0) is 12.7. The number of anilines is 1. The van der Waals surface area contributed by atoms with Gasteiger partial charge in [0.25, 0.3) is 6.43 Å². The van der Waals surface area contributed by atoms with Gasteiger partial charge in [-0.2, -0.15) is 0 Å². The Morgan fingerprint density at radius 2 is 1.94 bits per heavy atom. The Morgan fingerprint density at radius 3 is 2.56 bits per heavy atom. The van der Waals surface area contributed by atoms with Gasteiger partial charge in [0.15, 0.2) is 0 Å². The number of fused-ring (bicyclic) bond motifs is 1. The van der Waals surface area contributed by atoms with Crippen molar-refractivity contribution in [3.8, 4) is 0 Å². The molecule has 18 heavy (non-hydrogen) atoms. The van der Waals surface area contributed by atoms with Crippen LogP contribution in [0.4, 0.5) is 14.7 Å². The first-order chi connectivity index (χ1) is 8.63. The fourth-order valence-electron chi connectivity index (χ4n) is 2.85. The molecule has 0 radical (unpaired) electrons. The maximum Gasteiger partial charge on any atom is 0.280 e. The minimum absolute atomic E-state index is 0.173. The fourth-order valence-corrected chi connectivity index (χ4v) is 2.85. The molecule has 3 heterocycles. The van der Waals surface area contributed by atoms with E-state index < -0.39 is 6.43 Å². The molecule has 2 aliphatic heterocycles. The van der Waals surface area contributed by atoms with E-state index in [-0.39, 0.29) is 5.69 Å². The third-order valence-corrected chi connectivity index (χ3v) is 3.76. The summed E-state index contributed by atoms with van der Waals surface area (Å²) in [6, 6.07) is 1.35. The van der Waals surface area contributed by atoms with Gasteiger partial charge in [-0.05, 0) is 24.8 Å². The van der Waals surface area contributed by atoms with Crippen LogP contribution in [0.15, 0.2) is 6.07 Å². The molecule has 2 atom stereocenters. The molecule has 2 saturated heterocycles. The molecule has 0 unspecified atom stereocenters. The lowest BCUT2D eigenvalue weighted by molar-refractivity contribution is 0.146. The number of hydrogen-bond donors (Lipinski definition) is 1. The summed E-state index contributed by atoms with van der Waals surface area (Å²) in [5.41, 5.74) is 0.429. The summed E-state index contributed by atoms with van der Waals surface area (Å²) in [6.07, 6.45) is -2.53. The average Bonchev–Trinajstić information content (AvgIpc) is 2.87. The minimum Gasteiger partial charge on any atom is -0.340 e. The topological polar surface area (TPSA) is 41.1 Å². The van der Waals surface area contributed by atoms with Gasteiger partial charge >= 0.3 is 0 Å². The zero-order valence-electron chi connectivity index (χ0n) is 10.2. The molecule has 0 aliphatic carbocycles. The van der Waals surface area contributed by atoms with Crippen molar-refractivity contribution >= 4 is 5.95 Å². The van der Waals surface area contributed by atoms with Crippen molar-refractivity contribution in [2.45, 2.75) is 13.3 Å². The van der Waals surface area contributed by atoms with E-state index in [0.717, 1.165) is 26.2 Å². The normalized spacial score (nSPS) is 27.0. The van der Waals surface area contributed by atoms with E-state index in [2.05, 4.69) is 15.3 Å². The van der Waals surface area contributed by atoms with Crippen molar-refractivity contribution in [1.29, 1.82) is 0 Å². The van der Waals surface area contributed by atoms with Gasteiger partial charge in [0.05, 0.1) is 0 Å². The van der Waals surface area contributed by atoms with Crippen LogP contribution in [-0.2, 0) is 0 Å². The minimum atomic E-state index is -2.53. The molecule has 98 valence electrons. The van der Waals surface area contributed by atoms with Crippen molar-refractivity contribution in [2.75, 3.05) is 31.1 Å². The van der Waals surface area contributed by atoms with E-state index >= 15 is 0 Å². The van der Waals surface area contributed by atoms with E-state index in [4.69, 9.17) is 0 Å². The maximum absolute atomic E-state index is 12.7. The van der Waals surface area contributed by atoms with Crippen molar-refractivity contribution in [3.05, 3.63) is 17.5 Å². The Bertz CT molecular complexity index is 440. The van der Waals surface area contributed by atoms with Crippen molar-refractivity contribution in [3.63, 3.8) is 0 Å². The SMILES string of the molecule is Cc1cc(C(F)F)nc(N2C[C@H]3CNC[C@H]3C2)n1. The summed E-state index contributed by atoms with van der Waals surface area (Å²) < 4.78 is 25.5. The lowest BCUT2D eigenvalue weighted by Gasteiger charge is -2.18. The van der Waals surface area contributed by atoms with Crippen molar-refractivity contribution < 1.29 is 8.78 Å². The van der Waals surface area contributed by atoms with E-state index in [0.29, 0.717) is 23.5 Å². The summed E-state index contributed by atoms with van der Waals surface area (Å²) >= 11 is 0. The summed E-state index contributed by atoms with van der Waals surface area (Å²) in [6.45, 7) is 5.48. The number of rotatable bonds is 2. The molecule has 2 fully saturated rings. The van der Waals surface area contributed by atoms with Crippen molar-refractivity contribution in [2.24, 2.45) is 11.8 Å². The highest BCUT2D eigenvalue weighted by Gasteiger charge is 2.37. The Kier molecular flexibility index (Phi) is 2.89. The Hall–Kier alpha value is -1.30. The monoisotopic (exact) mass is 254 g/mol. The molecule has 4 nitrogen and oxygen atoms in total. The van der Waals surface area contributed by atoms with Gasteiger partial charge in [-0.15, -0.1) is 0 Å². The molecule has 1 aromatic heterocycles. The van der Waals surface area contributed by atoms with Crippen LogP contribution in [0.3, 0.4) is 0 Å². The molecule has 1 aromatic rings. The van der Waals surface area contributed by atoms with Crippen LogP contribution in [0.25, 0.3) is 0 Å². The van der Waals surface area contributed by atoms with Crippen LogP contribution in [0.1, 0.15) is 17.8 Å². The summed E-state index contributed by atoms with van der Waals surface area (Å²) in [7, 11) is 0. The smallest absolute Gasteiger partial charge is 0.280 e. The number of aromatic nitrogens is 2. The van der Waals surface area contributed by atoms with Gasteiger partial charge < -0.3 is 10.2 Å². The summed E-state index contributed by atoms with van der Waals surface area (Å²) in [4.78, 5) is 10.3. The third kappa shape index (κ3) is 2.05. The first-order valence-corrected chi connectivity index (χ1v) is 6.23. The van der Waals surface area contributed by atoms with Crippen LogP contribution in [0, 0.1) is 18.8 Å². The van der Waals surface area contributed by atoms with Gasteiger partial charge in [0, 0.05) is 31.9 Å². The molecular formula is C12H16F2N4. The van der Waals surface area contributed by atoms with E-state index in [1.807, 2.05) is 4.90 Å². The highest BCUT2D eigenvalue weighted by molar-refractivity contribution is 5.35. The Labute approximate surface area is 104 Å². The number of alkyl halides is 2. The quantitative estimate of drug-likeness (QED) is 0.865. The average molecular weight is 254 g/mol. The highest BCUT2D eigenvalue weighted by atomic mass is 19.3. The second kappa shape index (κ2) is 4.42. The molecule has 3 rings (SSSR count). The maximum atomic E-state index is 12.7. The summed E-state index contributed by atoms with van der Waals surface area (Å²) in [5, 5.41) is 3.35. The van der Waals surface area contributed by atoms with Crippen LogP contribution >= 0.6 is 0 Å². The van der Waals surface area contributed by atoms with Gasteiger partial charge in [0.1, 0.15) is 5.69 Å². The Morgan fingerprint density at radius 1 is 1.28 bits per heavy atom. The molecule has 0 aromatic carbocycles. The van der Waals surface area contributed by atoms with E-state index in [1.54, 1.807) is 6.92 Å². The molecule has 0 saturated carbocycles. The van der Waals surface area contributed by atoms with Crippen molar-refractivity contribution in [1.82, 2.24) is 15.3 Å². The lowest BCUT2D eigenvalue weighted by atomic mass is 10.0. The number of hydrogen-bond acceptors (Lipinski definition) is 4. The van der Waals surface area contributed by atoms with E-state index in [1.165, 1.54) is 6.07 Å². The first kappa shape index (κ1) is 11.8. The molecule has 0 spiro atoms. The van der Waals surface area contributed by atoms with Crippen LogP contribution in [-0.4, -0.2) is 36.1 Å². The molecule has 0 bridgehead atoms. The predicted molar refractivity (Wildman–Crippen MR) is 63.8 cm³/mol. The van der Waals surface area contributed by atoms with Gasteiger partial charge in [-0.1, -0.05) is 0 Å². The van der Waals surface area contributed by atoms with Gasteiger partial charge in [-0.25, -0.2) is 18.7 Å². The Balaban J connectivity index is 1.84. The van der Waals surface area contributed by atoms with E-state index in [9.17, 15) is 8.78 Å². The molecule has 0 amide bonds. The molecule has 6 heteroatoms. The van der Waals surface area contributed by atoms with Crippen LogP contribution in [0.2, 0.25) is 0 Å². The predicted octanol–water partition coefficient (Wildman–Crippen LogP) is 1.38.